The number of hydrogen-bond acceptors (Lipinski definition) is 5. The molecule has 0 unspecified atom stereocenters. The molecule has 8 nitrogen and oxygen atoms in total. The SMILES string of the molecule is CON(C)C(=O)c1cc(Cn2cc(-c3c(-c4ccc(Cl)cc4)nc4ccccn34)nn2)ccc1Cl. The zero-order valence-corrected chi connectivity index (χ0v) is 20.4. The van der Waals surface area contributed by atoms with E-state index in [1.165, 1.54) is 14.2 Å². The van der Waals surface area contributed by atoms with Gasteiger partial charge in [0.15, 0.2) is 0 Å². The second kappa shape index (κ2) is 9.50. The lowest BCUT2D eigenvalue weighted by molar-refractivity contribution is -0.0756. The third-order valence-corrected chi connectivity index (χ3v) is 6.18. The number of amides is 1. The maximum absolute atomic E-state index is 12.5. The number of hydrogen-bond donors (Lipinski definition) is 0. The predicted octanol–water partition coefficient (Wildman–Crippen LogP) is 5.25. The van der Waals surface area contributed by atoms with Crippen molar-refractivity contribution in [3.05, 3.63) is 94.2 Å². The molecule has 3 heterocycles. The van der Waals surface area contributed by atoms with Gasteiger partial charge in [0.1, 0.15) is 17.0 Å². The van der Waals surface area contributed by atoms with E-state index >= 15 is 0 Å². The van der Waals surface area contributed by atoms with Gasteiger partial charge in [0.25, 0.3) is 5.91 Å². The van der Waals surface area contributed by atoms with E-state index in [1.807, 2.05) is 65.3 Å². The van der Waals surface area contributed by atoms with Gasteiger partial charge in [0.05, 0.1) is 36.1 Å². The Balaban J connectivity index is 1.51. The van der Waals surface area contributed by atoms with Crippen LogP contribution in [0.25, 0.3) is 28.3 Å². The van der Waals surface area contributed by atoms with E-state index in [2.05, 4.69) is 10.3 Å². The number of aromatic nitrogens is 5. The van der Waals surface area contributed by atoms with E-state index in [0.717, 1.165) is 33.2 Å². The van der Waals surface area contributed by atoms with Crippen LogP contribution in [0.4, 0.5) is 0 Å². The summed E-state index contributed by atoms with van der Waals surface area (Å²) in [5, 5.41) is 10.9. The van der Waals surface area contributed by atoms with Crippen LogP contribution in [0.3, 0.4) is 0 Å². The fraction of sp³-hybridized carbons (Fsp3) is 0.120. The van der Waals surface area contributed by atoms with Gasteiger partial charge < -0.3 is 0 Å². The van der Waals surface area contributed by atoms with E-state index in [-0.39, 0.29) is 5.91 Å². The number of nitrogens with zero attached hydrogens (tertiary/aromatic N) is 6. The van der Waals surface area contributed by atoms with Crippen LogP contribution in [0.2, 0.25) is 10.0 Å². The van der Waals surface area contributed by atoms with E-state index in [9.17, 15) is 4.79 Å². The third-order valence-electron chi connectivity index (χ3n) is 5.59. The van der Waals surface area contributed by atoms with Crippen LogP contribution in [0, 0.1) is 0 Å². The van der Waals surface area contributed by atoms with E-state index < -0.39 is 0 Å². The molecule has 0 aliphatic rings. The number of pyridine rings is 1. The quantitative estimate of drug-likeness (QED) is 0.294. The van der Waals surface area contributed by atoms with Crippen LogP contribution in [0.5, 0.6) is 0 Å². The summed E-state index contributed by atoms with van der Waals surface area (Å²) in [5.41, 5.74) is 5.18. The Hall–Kier alpha value is -3.72. The summed E-state index contributed by atoms with van der Waals surface area (Å²) in [6.45, 7) is 0.397. The summed E-state index contributed by atoms with van der Waals surface area (Å²) in [6.07, 6.45) is 3.80. The Labute approximate surface area is 211 Å². The van der Waals surface area contributed by atoms with Gasteiger partial charge in [-0.15, -0.1) is 5.10 Å². The van der Waals surface area contributed by atoms with Crippen LogP contribution in [-0.4, -0.2) is 49.5 Å². The van der Waals surface area contributed by atoms with E-state index in [4.69, 9.17) is 33.0 Å². The molecular formula is C25H20Cl2N6O2. The molecule has 1 amide bonds. The van der Waals surface area contributed by atoms with Gasteiger partial charge in [-0.3, -0.25) is 14.0 Å². The summed E-state index contributed by atoms with van der Waals surface area (Å²) >= 11 is 12.3. The first-order valence-corrected chi connectivity index (χ1v) is 11.4. The molecule has 5 aromatic rings. The second-order valence-corrected chi connectivity index (χ2v) is 8.69. The van der Waals surface area contributed by atoms with E-state index in [0.29, 0.717) is 27.8 Å². The maximum Gasteiger partial charge on any atom is 0.278 e. The van der Waals surface area contributed by atoms with Crippen LogP contribution < -0.4 is 0 Å². The molecule has 5 rings (SSSR count). The third kappa shape index (κ3) is 4.51. The molecule has 2 aromatic carbocycles. The minimum Gasteiger partial charge on any atom is -0.298 e. The van der Waals surface area contributed by atoms with Crippen LogP contribution >= 0.6 is 23.2 Å². The Morgan fingerprint density at radius 2 is 1.89 bits per heavy atom. The van der Waals surface area contributed by atoms with Gasteiger partial charge in [-0.25, -0.2) is 14.7 Å². The molecule has 176 valence electrons. The highest BCUT2D eigenvalue weighted by atomic mass is 35.5. The molecule has 0 aliphatic carbocycles. The highest BCUT2D eigenvalue weighted by Crippen LogP contribution is 2.32. The largest absolute Gasteiger partial charge is 0.298 e. The average molecular weight is 507 g/mol. The Morgan fingerprint density at radius 1 is 1.09 bits per heavy atom. The summed E-state index contributed by atoms with van der Waals surface area (Å²) < 4.78 is 3.69. The molecule has 0 saturated carbocycles. The standard InChI is InChI=1S/C25H20Cl2N6O2/c1-31(35-2)25(34)19-13-16(6-11-20(19)27)14-32-15-21(29-30-32)24-23(17-7-9-18(26)10-8-17)28-22-5-3-4-12-33(22)24/h3-13,15H,14H2,1-2H3. The lowest BCUT2D eigenvalue weighted by Gasteiger charge is -2.15. The first-order chi connectivity index (χ1) is 16.9. The zero-order chi connectivity index (χ0) is 24.5. The minimum absolute atomic E-state index is 0.336. The molecule has 0 saturated heterocycles. The second-order valence-electron chi connectivity index (χ2n) is 7.85. The van der Waals surface area contributed by atoms with Crippen molar-refractivity contribution in [2.75, 3.05) is 14.2 Å². The predicted molar refractivity (Wildman–Crippen MR) is 134 cm³/mol. The first-order valence-electron chi connectivity index (χ1n) is 10.7. The van der Waals surface area contributed by atoms with Gasteiger partial charge in [-0.05, 0) is 42.0 Å². The molecule has 0 atom stereocenters. The minimum atomic E-state index is -0.336. The van der Waals surface area contributed by atoms with Crippen molar-refractivity contribution in [2.45, 2.75) is 6.54 Å². The van der Waals surface area contributed by atoms with Crippen LogP contribution in [-0.2, 0) is 11.4 Å². The van der Waals surface area contributed by atoms with Gasteiger partial charge in [0.2, 0.25) is 0 Å². The molecule has 0 aliphatic heterocycles. The van der Waals surface area contributed by atoms with Crippen molar-refractivity contribution >= 4 is 34.8 Å². The smallest absolute Gasteiger partial charge is 0.278 e. The zero-order valence-electron chi connectivity index (χ0n) is 18.9. The van der Waals surface area contributed by atoms with Gasteiger partial charge in [-0.1, -0.05) is 52.7 Å². The topological polar surface area (TPSA) is 77.5 Å². The van der Waals surface area contributed by atoms with Gasteiger partial charge >= 0.3 is 0 Å². The highest BCUT2D eigenvalue weighted by Gasteiger charge is 2.19. The Bertz CT molecular complexity index is 1530. The highest BCUT2D eigenvalue weighted by molar-refractivity contribution is 6.33. The number of halogens is 2. The van der Waals surface area contributed by atoms with Crippen molar-refractivity contribution in [1.82, 2.24) is 29.4 Å². The number of hydroxylamine groups is 2. The summed E-state index contributed by atoms with van der Waals surface area (Å²) in [6, 6.07) is 18.6. The van der Waals surface area contributed by atoms with Crippen molar-refractivity contribution in [3.63, 3.8) is 0 Å². The number of benzene rings is 2. The fourth-order valence-electron chi connectivity index (χ4n) is 3.81. The Morgan fingerprint density at radius 3 is 2.66 bits per heavy atom. The molecule has 0 N–H and O–H groups in total. The van der Waals surface area contributed by atoms with Crippen molar-refractivity contribution in [3.8, 4) is 22.6 Å². The fourth-order valence-corrected chi connectivity index (χ4v) is 4.13. The summed E-state index contributed by atoms with van der Waals surface area (Å²) in [4.78, 5) is 22.4. The normalized spacial score (nSPS) is 11.2. The molecule has 0 fully saturated rings. The Kier molecular flexibility index (Phi) is 6.25. The number of imidazole rings is 1. The molecule has 0 radical (unpaired) electrons. The van der Waals surface area contributed by atoms with Crippen molar-refractivity contribution < 1.29 is 9.63 Å². The monoisotopic (exact) mass is 506 g/mol. The molecule has 3 aromatic heterocycles. The summed E-state index contributed by atoms with van der Waals surface area (Å²) in [7, 11) is 2.95. The first kappa shape index (κ1) is 23.0. The van der Waals surface area contributed by atoms with Gasteiger partial charge in [0, 0.05) is 23.8 Å². The van der Waals surface area contributed by atoms with Crippen LogP contribution in [0.1, 0.15) is 15.9 Å². The maximum atomic E-state index is 12.5. The molecule has 0 spiro atoms. The van der Waals surface area contributed by atoms with Gasteiger partial charge in [-0.2, -0.15) is 0 Å². The average Bonchev–Trinajstić information content (AvgIpc) is 3.49. The molecule has 0 bridgehead atoms. The molecular weight excluding hydrogens is 487 g/mol. The van der Waals surface area contributed by atoms with Crippen LogP contribution in [0.15, 0.2) is 73.1 Å². The number of carbonyl (C=O) groups excluding carboxylic acids is 1. The molecule has 10 heteroatoms. The number of carbonyl (C=O) groups is 1. The number of fused-ring (bicyclic) bond motifs is 1. The lowest BCUT2D eigenvalue weighted by atomic mass is 10.1. The van der Waals surface area contributed by atoms with Crippen molar-refractivity contribution in [2.24, 2.45) is 0 Å². The van der Waals surface area contributed by atoms with E-state index in [1.54, 1.807) is 16.8 Å². The lowest BCUT2D eigenvalue weighted by Crippen LogP contribution is -2.25. The molecule has 35 heavy (non-hydrogen) atoms. The summed E-state index contributed by atoms with van der Waals surface area (Å²) in [5.74, 6) is -0.336. The number of rotatable bonds is 6. The van der Waals surface area contributed by atoms with Crippen molar-refractivity contribution in [1.29, 1.82) is 0 Å².